The van der Waals surface area contributed by atoms with E-state index >= 15 is 0 Å². The van der Waals surface area contributed by atoms with Gasteiger partial charge in [-0.05, 0) is 116 Å². The molecule has 0 aromatic rings. The fourth-order valence-electron chi connectivity index (χ4n) is 9.86. The Hall–Kier alpha value is -3.67. The van der Waals surface area contributed by atoms with Crippen LogP contribution in [0.1, 0.15) is 342 Å². The fraction of sp³-hybridized carbons (Fsp3) is 0.747. The SMILES string of the molecule is CC/C=C\C/C=C\C/C=C\C/C=C\C/C=C\CCCC(=O)OCC(COC(=O)CCCCCCCCCCCCCCC/C=C\C/C=C\CCCCCCC)OC(=O)CCCCCCCCCCC/C=C\CCCCCCCCCC. The van der Waals surface area contributed by atoms with Crippen LogP contribution in [-0.4, -0.2) is 37.2 Å². The summed E-state index contributed by atoms with van der Waals surface area (Å²) in [6.07, 6.45) is 92.9. The van der Waals surface area contributed by atoms with Gasteiger partial charge < -0.3 is 14.2 Å². The molecule has 0 aromatic heterocycles. The molecule has 0 fully saturated rings. The second-order valence-corrected chi connectivity index (χ2v) is 23.1. The average molecular weight is 1130 g/mol. The number of carbonyl (C=O) groups excluding carboxylic acids is 3. The topological polar surface area (TPSA) is 78.9 Å². The summed E-state index contributed by atoms with van der Waals surface area (Å²) in [5.41, 5.74) is 0. The van der Waals surface area contributed by atoms with Crippen molar-refractivity contribution in [1.29, 1.82) is 0 Å². The molecule has 0 radical (unpaired) electrons. The first-order chi connectivity index (χ1) is 40.0. The summed E-state index contributed by atoms with van der Waals surface area (Å²) in [5.74, 6) is -0.944. The fourth-order valence-corrected chi connectivity index (χ4v) is 9.86. The van der Waals surface area contributed by atoms with Gasteiger partial charge in [-0.2, -0.15) is 0 Å². The molecule has 1 unspecified atom stereocenters. The minimum absolute atomic E-state index is 0.0950. The highest BCUT2D eigenvalue weighted by molar-refractivity contribution is 5.71. The molecule has 0 spiro atoms. The quantitative estimate of drug-likeness (QED) is 0.0261. The third-order valence-corrected chi connectivity index (χ3v) is 15.0. The molecule has 0 aromatic carbocycles. The molecule has 0 N–H and O–H groups in total. The zero-order valence-electron chi connectivity index (χ0n) is 53.5. The van der Waals surface area contributed by atoms with Crippen molar-refractivity contribution in [2.45, 2.75) is 348 Å². The van der Waals surface area contributed by atoms with E-state index in [2.05, 4.69) is 118 Å². The standard InChI is InChI=1S/C75H130O6/c1-4-7-10-13-16-19-22-25-28-31-33-35-36-37-38-40-41-44-47-50-53-56-59-62-65-68-74(77)80-71-72(70-79-73(76)67-64-61-58-55-52-49-46-43-30-27-24-21-18-15-12-9-6-3)81-75(78)69-66-63-60-57-54-51-48-45-42-39-34-32-29-26-23-20-17-14-11-8-5-2/h9,12,18,21-22,25,27,30-34,46,49,55,58,72H,4-8,10-11,13-17,19-20,23-24,26,28-29,35-45,47-48,50-54,56-57,59-71H2,1-3H3/b12-9-,21-18-,25-22-,30-27-,33-31-,34-32-,49-46-,58-55-. The lowest BCUT2D eigenvalue weighted by atomic mass is 10.0. The van der Waals surface area contributed by atoms with E-state index in [4.69, 9.17) is 14.2 Å². The van der Waals surface area contributed by atoms with Gasteiger partial charge >= 0.3 is 17.9 Å². The first-order valence-corrected chi connectivity index (χ1v) is 34.7. The highest BCUT2D eigenvalue weighted by Crippen LogP contribution is 2.17. The summed E-state index contributed by atoms with van der Waals surface area (Å²) in [6.45, 7) is 6.51. The summed E-state index contributed by atoms with van der Waals surface area (Å²) in [5, 5.41) is 0. The van der Waals surface area contributed by atoms with E-state index in [0.29, 0.717) is 19.3 Å². The monoisotopic (exact) mass is 1130 g/mol. The van der Waals surface area contributed by atoms with Crippen molar-refractivity contribution in [3.63, 3.8) is 0 Å². The van der Waals surface area contributed by atoms with Crippen molar-refractivity contribution in [2.24, 2.45) is 0 Å². The van der Waals surface area contributed by atoms with E-state index in [1.165, 1.54) is 212 Å². The summed E-state index contributed by atoms with van der Waals surface area (Å²) < 4.78 is 16.9. The molecule has 0 aliphatic heterocycles. The summed E-state index contributed by atoms with van der Waals surface area (Å²) in [4.78, 5) is 38.4. The van der Waals surface area contributed by atoms with Crippen molar-refractivity contribution in [1.82, 2.24) is 0 Å². The molecule has 0 heterocycles. The maximum absolute atomic E-state index is 13.0. The van der Waals surface area contributed by atoms with Crippen molar-refractivity contribution < 1.29 is 28.6 Å². The number of ether oxygens (including phenoxy) is 3. The lowest BCUT2D eigenvalue weighted by Crippen LogP contribution is -2.30. The molecule has 6 nitrogen and oxygen atoms in total. The van der Waals surface area contributed by atoms with Gasteiger partial charge in [0.15, 0.2) is 6.10 Å². The zero-order chi connectivity index (χ0) is 58.5. The Morgan fingerprint density at radius 2 is 0.494 bits per heavy atom. The van der Waals surface area contributed by atoms with Crippen LogP contribution >= 0.6 is 0 Å². The van der Waals surface area contributed by atoms with E-state index in [9.17, 15) is 14.4 Å². The third kappa shape index (κ3) is 67.0. The number of hydrogen-bond donors (Lipinski definition) is 0. The Bertz CT molecular complexity index is 1580. The van der Waals surface area contributed by atoms with E-state index in [0.717, 1.165) is 83.5 Å². The summed E-state index contributed by atoms with van der Waals surface area (Å²) in [6, 6.07) is 0. The first-order valence-electron chi connectivity index (χ1n) is 34.7. The lowest BCUT2D eigenvalue weighted by molar-refractivity contribution is -0.167. The van der Waals surface area contributed by atoms with Gasteiger partial charge in [0.25, 0.3) is 0 Å². The normalized spacial score (nSPS) is 12.7. The molecule has 81 heavy (non-hydrogen) atoms. The number of allylic oxidation sites excluding steroid dienone is 16. The maximum atomic E-state index is 13.0. The average Bonchev–Trinajstić information content (AvgIpc) is 3.47. The second-order valence-electron chi connectivity index (χ2n) is 23.1. The van der Waals surface area contributed by atoms with Crippen LogP contribution in [0.3, 0.4) is 0 Å². The lowest BCUT2D eigenvalue weighted by Gasteiger charge is -2.18. The largest absolute Gasteiger partial charge is 0.462 e. The molecule has 0 aliphatic rings. The minimum Gasteiger partial charge on any atom is -0.462 e. The van der Waals surface area contributed by atoms with E-state index < -0.39 is 6.10 Å². The van der Waals surface area contributed by atoms with Crippen molar-refractivity contribution >= 4 is 17.9 Å². The Kier molecular flexibility index (Phi) is 65.7. The van der Waals surface area contributed by atoms with Crippen LogP contribution in [0, 0.1) is 0 Å². The van der Waals surface area contributed by atoms with Crippen molar-refractivity contribution in [3.05, 3.63) is 97.2 Å². The Labute approximate surface area is 502 Å². The molecular formula is C75H130O6. The van der Waals surface area contributed by atoms with Crippen molar-refractivity contribution in [3.8, 4) is 0 Å². The van der Waals surface area contributed by atoms with Gasteiger partial charge in [-0.1, -0.05) is 304 Å². The Balaban J connectivity index is 4.39. The predicted octanol–water partition coefficient (Wildman–Crippen LogP) is 24.0. The summed E-state index contributed by atoms with van der Waals surface area (Å²) in [7, 11) is 0. The minimum atomic E-state index is -0.804. The van der Waals surface area contributed by atoms with E-state index in [1.54, 1.807) is 0 Å². The Morgan fingerprint density at radius 1 is 0.259 bits per heavy atom. The van der Waals surface area contributed by atoms with Gasteiger partial charge in [-0.3, -0.25) is 14.4 Å². The third-order valence-electron chi connectivity index (χ3n) is 15.0. The molecule has 0 bridgehead atoms. The van der Waals surface area contributed by atoms with Gasteiger partial charge in [0.2, 0.25) is 0 Å². The van der Waals surface area contributed by atoms with Gasteiger partial charge in [0, 0.05) is 19.3 Å². The highest BCUT2D eigenvalue weighted by Gasteiger charge is 2.19. The number of carbonyl (C=O) groups is 3. The number of unbranched alkanes of at least 4 members (excludes halogenated alkanes) is 36. The molecule has 466 valence electrons. The van der Waals surface area contributed by atoms with E-state index in [1.807, 2.05) is 0 Å². The van der Waals surface area contributed by atoms with Gasteiger partial charge in [0.1, 0.15) is 13.2 Å². The number of rotatable bonds is 63. The molecular weight excluding hydrogens is 997 g/mol. The highest BCUT2D eigenvalue weighted by atomic mass is 16.6. The molecule has 0 saturated carbocycles. The van der Waals surface area contributed by atoms with Crippen LogP contribution in [-0.2, 0) is 28.6 Å². The van der Waals surface area contributed by atoms with E-state index in [-0.39, 0.29) is 37.5 Å². The first kappa shape index (κ1) is 77.3. The molecule has 6 heteroatoms. The smallest absolute Gasteiger partial charge is 0.306 e. The second kappa shape index (κ2) is 68.8. The molecule has 0 amide bonds. The van der Waals surface area contributed by atoms with Crippen LogP contribution in [0.5, 0.6) is 0 Å². The van der Waals surface area contributed by atoms with Gasteiger partial charge in [-0.25, -0.2) is 0 Å². The molecule has 0 rings (SSSR count). The number of hydrogen-bond acceptors (Lipinski definition) is 6. The predicted molar refractivity (Wildman–Crippen MR) is 353 cm³/mol. The van der Waals surface area contributed by atoms with Crippen molar-refractivity contribution in [2.75, 3.05) is 13.2 Å². The van der Waals surface area contributed by atoms with Gasteiger partial charge in [0.05, 0.1) is 0 Å². The van der Waals surface area contributed by atoms with Crippen LogP contribution < -0.4 is 0 Å². The summed E-state index contributed by atoms with van der Waals surface area (Å²) >= 11 is 0. The maximum Gasteiger partial charge on any atom is 0.306 e. The van der Waals surface area contributed by atoms with Crippen LogP contribution in [0.25, 0.3) is 0 Å². The zero-order valence-corrected chi connectivity index (χ0v) is 53.5. The number of esters is 3. The Morgan fingerprint density at radius 3 is 0.815 bits per heavy atom. The molecule has 0 aliphatic carbocycles. The van der Waals surface area contributed by atoms with Crippen LogP contribution in [0.15, 0.2) is 97.2 Å². The molecule has 0 saturated heterocycles. The van der Waals surface area contributed by atoms with Crippen LogP contribution in [0.4, 0.5) is 0 Å². The van der Waals surface area contributed by atoms with Gasteiger partial charge in [-0.15, -0.1) is 0 Å². The molecule has 1 atom stereocenters. The van der Waals surface area contributed by atoms with Crippen LogP contribution in [0.2, 0.25) is 0 Å².